The number of carboxylic acid groups (broad SMARTS) is 2. The minimum absolute atomic E-state index is 0.271. The highest BCUT2D eigenvalue weighted by Gasteiger charge is 2.14. The van der Waals surface area contributed by atoms with Gasteiger partial charge in [-0.25, -0.2) is 9.59 Å². The topological polar surface area (TPSA) is 93.1 Å². The molecular formula is C13H14O6. The van der Waals surface area contributed by atoms with Crippen molar-refractivity contribution >= 4 is 18.0 Å². The highest BCUT2D eigenvalue weighted by Crippen LogP contribution is 2.26. The van der Waals surface area contributed by atoms with Gasteiger partial charge in [0.05, 0.1) is 7.11 Å². The molecule has 0 fully saturated rings. The van der Waals surface area contributed by atoms with Crippen molar-refractivity contribution in [1.82, 2.24) is 0 Å². The molecule has 1 unspecified atom stereocenters. The van der Waals surface area contributed by atoms with Gasteiger partial charge in [-0.05, 0) is 31.2 Å². The van der Waals surface area contributed by atoms with Gasteiger partial charge < -0.3 is 19.7 Å². The molecule has 6 heteroatoms. The molecule has 0 spiro atoms. The maximum absolute atomic E-state index is 10.7. The Morgan fingerprint density at radius 3 is 2.53 bits per heavy atom. The van der Waals surface area contributed by atoms with Crippen LogP contribution in [0.4, 0.5) is 0 Å². The quantitative estimate of drug-likeness (QED) is 0.760. The molecule has 0 aromatic heterocycles. The van der Waals surface area contributed by atoms with Gasteiger partial charge in [-0.3, -0.25) is 0 Å². The number of methoxy groups -OCH3 is 1. The lowest BCUT2D eigenvalue weighted by atomic mass is 10.1. The second-order valence-corrected chi connectivity index (χ2v) is 3.67. The van der Waals surface area contributed by atoms with Crippen molar-refractivity contribution in [3.05, 3.63) is 29.8 Å². The second kappa shape index (κ2) is 6.44. The number of hydrogen-bond acceptors (Lipinski definition) is 4. The van der Waals surface area contributed by atoms with Gasteiger partial charge in [-0.2, -0.15) is 0 Å². The Balaban J connectivity index is 3.08. The maximum atomic E-state index is 10.7. The van der Waals surface area contributed by atoms with Gasteiger partial charge in [-0.1, -0.05) is 0 Å². The fourth-order valence-corrected chi connectivity index (χ4v) is 1.29. The molecule has 2 N–H and O–H groups in total. The molecule has 1 aromatic rings. The molecule has 0 radical (unpaired) electrons. The number of hydrogen-bond donors (Lipinski definition) is 2. The first kappa shape index (κ1) is 14.6. The standard InChI is InChI=1S/C13H14O6/c1-8(13(16)17)19-11-5-4-10(18-2)7-9(11)3-6-12(14)15/h3-8H,1-2H3,(H,14,15)(H,16,17). The number of carboxylic acids is 2. The van der Waals surface area contributed by atoms with E-state index in [4.69, 9.17) is 19.7 Å². The zero-order valence-corrected chi connectivity index (χ0v) is 10.5. The van der Waals surface area contributed by atoms with Crippen LogP contribution >= 0.6 is 0 Å². The summed E-state index contributed by atoms with van der Waals surface area (Å²) in [5.41, 5.74) is 0.426. The summed E-state index contributed by atoms with van der Waals surface area (Å²) in [7, 11) is 1.47. The minimum Gasteiger partial charge on any atom is -0.497 e. The van der Waals surface area contributed by atoms with Gasteiger partial charge >= 0.3 is 11.9 Å². The Bertz CT molecular complexity index is 506. The lowest BCUT2D eigenvalue weighted by molar-refractivity contribution is -0.144. The first-order valence-electron chi connectivity index (χ1n) is 5.42. The number of carbonyl (C=O) groups is 2. The molecule has 19 heavy (non-hydrogen) atoms. The Labute approximate surface area is 109 Å². The van der Waals surface area contributed by atoms with Crippen molar-refractivity contribution in [2.45, 2.75) is 13.0 Å². The molecule has 1 aromatic carbocycles. The number of benzene rings is 1. The molecule has 6 nitrogen and oxygen atoms in total. The van der Waals surface area contributed by atoms with E-state index in [9.17, 15) is 9.59 Å². The lowest BCUT2D eigenvalue weighted by Gasteiger charge is -2.13. The zero-order valence-electron chi connectivity index (χ0n) is 10.5. The summed E-state index contributed by atoms with van der Waals surface area (Å²) in [4.78, 5) is 21.3. The average molecular weight is 266 g/mol. The van der Waals surface area contributed by atoms with Crippen LogP contribution in [0.25, 0.3) is 6.08 Å². The average Bonchev–Trinajstić information content (AvgIpc) is 2.37. The highest BCUT2D eigenvalue weighted by molar-refractivity contribution is 5.86. The third-order valence-corrected chi connectivity index (χ3v) is 2.27. The monoisotopic (exact) mass is 266 g/mol. The van der Waals surface area contributed by atoms with Crippen molar-refractivity contribution in [1.29, 1.82) is 0 Å². The molecule has 0 saturated carbocycles. The number of rotatable bonds is 6. The molecule has 0 bridgehead atoms. The molecule has 1 rings (SSSR count). The van der Waals surface area contributed by atoms with E-state index >= 15 is 0 Å². The van der Waals surface area contributed by atoms with Crippen LogP contribution in [-0.4, -0.2) is 35.4 Å². The van der Waals surface area contributed by atoms with Crippen molar-refractivity contribution in [3.8, 4) is 11.5 Å². The predicted octanol–water partition coefficient (Wildman–Crippen LogP) is 1.64. The molecule has 0 aliphatic rings. The summed E-state index contributed by atoms with van der Waals surface area (Å²) in [6, 6.07) is 4.69. The summed E-state index contributed by atoms with van der Waals surface area (Å²) in [6.07, 6.45) is 1.22. The summed E-state index contributed by atoms with van der Waals surface area (Å²) in [5.74, 6) is -1.43. The van der Waals surface area contributed by atoms with Crippen LogP contribution in [0.3, 0.4) is 0 Å². The number of aliphatic carboxylic acids is 2. The van der Waals surface area contributed by atoms with Crippen LogP contribution < -0.4 is 9.47 Å². The summed E-state index contributed by atoms with van der Waals surface area (Å²) < 4.78 is 10.3. The van der Waals surface area contributed by atoms with E-state index in [1.807, 2.05) is 0 Å². The van der Waals surface area contributed by atoms with Crippen molar-refractivity contribution in [3.63, 3.8) is 0 Å². The molecule has 0 amide bonds. The largest absolute Gasteiger partial charge is 0.497 e. The van der Waals surface area contributed by atoms with Crippen molar-refractivity contribution in [2.75, 3.05) is 7.11 Å². The molecule has 0 aliphatic carbocycles. The Morgan fingerprint density at radius 2 is 2.00 bits per heavy atom. The van der Waals surface area contributed by atoms with E-state index in [2.05, 4.69) is 0 Å². The first-order valence-corrected chi connectivity index (χ1v) is 5.42. The van der Waals surface area contributed by atoms with E-state index in [-0.39, 0.29) is 5.75 Å². The third-order valence-electron chi connectivity index (χ3n) is 2.27. The van der Waals surface area contributed by atoms with Gasteiger partial charge in [-0.15, -0.1) is 0 Å². The summed E-state index contributed by atoms with van der Waals surface area (Å²) in [6.45, 7) is 1.39. The fraction of sp³-hybridized carbons (Fsp3) is 0.231. The van der Waals surface area contributed by atoms with Gasteiger partial charge in [0.15, 0.2) is 6.10 Å². The predicted molar refractivity (Wildman–Crippen MR) is 67.4 cm³/mol. The smallest absolute Gasteiger partial charge is 0.344 e. The first-order chi connectivity index (χ1) is 8.93. The van der Waals surface area contributed by atoms with Crippen LogP contribution in [0, 0.1) is 0 Å². The molecule has 102 valence electrons. The maximum Gasteiger partial charge on any atom is 0.344 e. The molecule has 0 heterocycles. The van der Waals surface area contributed by atoms with Crippen LogP contribution in [0.2, 0.25) is 0 Å². The summed E-state index contributed by atoms with van der Waals surface area (Å²) >= 11 is 0. The Hall–Kier alpha value is -2.50. The minimum atomic E-state index is -1.11. The molecule has 0 aliphatic heterocycles. The molecule has 1 atom stereocenters. The highest BCUT2D eigenvalue weighted by atomic mass is 16.5. The van der Waals surface area contributed by atoms with Crippen molar-refractivity contribution in [2.24, 2.45) is 0 Å². The summed E-state index contributed by atoms with van der Waals surface area (Å²) in [5, 5.41) is 17.4. The fourth-order valence-electron chi connectivity index (χ4n) is 1.29. The van der Waals surface area contributed by atoms with Gasteiger partial charge in [0.1, 0.15) is 11.5 Å². The van der Waals surface area contributed by atoms with Crippen LogP contribution in [0.1, 0.15) is 12.5 Å². The Kier molecular flexibility index (Phi) is 4.93. The molecular weight excluding hydrogens is 252 g/mol. The van der Waals surface area contributed by atoms with Gasteiger partial charge in [0.2, 0.25) is 0 Å². The second-order valence-electron chi connectivity index (χ2n) is 3.67. The van der Waals surface area contributed by atoms with Crippen LogP contribution in [0.5, 0.6) is 11.5 Å². The van der Waals surface area contributed by atoms with Gasteiger partial charge in [0, 0.05) is 11.6 Å². The van der Waals surface area contributed by atoms with E-state index in [1.165, 1.54) is 26.2 Å². The zero-order chi connectivity index (χ0) is 14.4. The van der Waals surface area contributed by atoms with Crippen LogP contribution in [-0.2, 0) is 9.59 Å². The van der Waals surface area contributed by atoms with Crippen molar-refractivity contribution < 1.29 is 29.3 Å². The van der Waals surface area contributed by atoms with E-state index in [1.54, 1.807) is 12.1 Å². The van der Waals surface area contributed by atoms with Gasteiger partial charge in [0.25, 0.3) is 0 Å². The van der Waals surface area contributed by atoms with Crippen LogP contribution in [0.15, 0.2) is 24.3 Å². The lowest BCUT2D eigenvalue weighted by Crippen LogP contribution is -2.23. The Morgan fingerprint density at radius 1 is 1.32 bits per heavy atom. The third kappa shape index (κ3) is 4.34. The van der Waals surface area contributed by atoms with E-state index < -0.39 is 18.0 Å². The number of ether oxygens (including phenoxy) is 2. The SMILES string of the molecule is COc1ccc(OC(C)C(=O)O)c(C=CC(=O)O)c1. The normalized spacial score (nSPS) is 12.1. The van der Waals surface area contributed by atoms with E-state index in [0.29, 0.717) is 11.3 Å². The molecule has 0 saturated heterocycles. The van der Waals surface area contributed by atoms with E-state index in [0.717, 1.165) is 6.08 Å².